The highest BCUT2D eigenvalue weighted by molar-refractivity contribution is 5.89. The molecule has 1 amide bonds. The van der Waals surface area contributed by atoms with Crippen LogP contribution in [0.1, 0.15) is 38.7 Å². The van der Waals surface area contributed by atoms with Gasteiger partial charge < -0.3 is 14.6 Å². The minimum absolute atomic E-state index is 0.243. The van der Waals surface area contributed by atoms with Gasteiger partial charge in [-0.2, -0.15) is 0 Å². The Kier molecular flexibility index (Phi) is 5.12. The molecule has 1 aromatic heterocycles. The number of ether oxygens (including phenoxy) is 1. The number of aromatic nitrogens is 1. The number of nitrogens with zero attached hydrogens (tertiary/aromatic N) is 1. The molecule has 4 heteroatoms. The summed E-state index contributed by atoms with van der Waals surface area (Å²) >= 11 is 0. The van der Waals surface area contributed by atoms with Crippen molar-refractivity contribution in [2.24, 2.45) is 11.8 Å². The Bertz CT molecular complexity index is 705. The molecule has 0 saturated carbocycles. The Labute approximate surface area is 144 Å². The number of hydrogen-bond donors (Lipinski definition) is 1. The molecule has 1 fully saturated rings. The van der Waals surface area contributed by atoms with Crippen LogP contribution in [0.3, 0.4) is 0 Å². The normalized spacial score (nSPS) is 18.3. The number of likely N-dealkylation sites (tertiary alicyclic amines) is 1. The van der Waals surface area contributed by atoms with Gasteiger partial charge in [-0.05, 0) is 54.9 Å². The molecule has 1 aliphatic rings. The van der Waals surface area contributed by atoms with E-state index in [0.29, 0.717) is 18.3 Å². The number of rotatable bonds is 5. The third-order valence-electron chi connectivity index (χ3n) is 4.99. The molecule has 0 unspecified atom stereocenters. The first kappa shape index (κ1) is 16.9. The predicted octanol–water partition coefficient (Wildman–Crippen LogP) is 4.00. The highest BCUT2D eigenvalue weighted by atomic mass is 16.5. The van der Waals surface area contributed by atoms with E-state index in [1.54, 1.807) is 7.11 Å². The minimum Gasteiger partial charge on any atom is -0.497 e. The van der Waals surface area contributed by atoms with Crippen molar-refractivity contribution < 1.29 is 9.53 Å². The zero-order valence-corrected chi connectivity index (χ0v) is 15.0. The molecule has 1 saturated heterocycles. The molecule has 1 aliphatic heterocycles. The molecule has 1 atom stereocenters. The van der Waals surface area contributed by atoms with E-state index < -0.39 is 0 Å². The van der Waals surface area contributed by atoms with Gasteiger partial charge in [0.05, 0.1) is 13.5 Å². The van der Waals surface area contributed by atoms with Gasteiger partial charge in [-0.25, -0.2) is 0 Å². The van der Waals surface area contributed by atoms with E-state index in [-0.39, 0.29) is 5.91 Å². The summed E-state index contributed by atoms with van der Waals surface area (Å²) in [6.45, 7) is 6.35. The summed E-state index contributed by atoms with van der Waals surface area (Å²) in [4.78, 5) is 18.1. The number of H-pyrrole nitrogens is 1. The molecule has 0 spiro atoms. The van der Waals surface area contributed by atoms with Crippen LogP contribution < -0.4 is 4.74 Å². The number of benzene rings is 1. The van der Waals surface area contributed by atoms with Crippen molar-refractivity contribution >= 4 is 16.8 Å². The van der Waals surface area contributed by atoms with Crippen LogP contribution in [0.15, 0.2) is 24.4 Å². The van der Waals surface area contributed by atoms with E-state index in [9.17, 15) is 4.79 Å². The van der Waals surface area contributed by atoms with Gasteiger partial charge in [0.1, 0.15) is 5.75 Å². The molecule has 3 rings (SSSR count). The first-order valence-electron chi connectivity index (χ1n) is 8.98. The molecule has 130 valence electrons. The molecule has 4 nitrogen and oxygen atoms in total. The predicted molar refractivity (Wildman–Crippen MR) is 97.3 cm³/mol. The van der Waals surface area contributed by atoms with Gasteiger partial charge in [0.2, 0.25) is 5.91 Å². The van der Waals surface area contributed by atoms with Crippen LogP contribution in [-0.2, 0) is 11.2 Å². The Morgan fingerprint density at radius 2 is 2.25 bits per heavy atom. The van der Waals surface area contributed by atoms with Crippen LogP contribution in [0.5, 0.6) is 5.75 Å². The summed E-state index contributed by atoms with van der Waals surface area (Å²) in [7, 11) is 1.67. The topological polar surface area (TPSA) is 45.3 Å². The van der Waals surface area contributed by atoms with Gasteiger partial charge in [0, 0.05) is 30.2 Å². The summed E-state index contributed by atoms with van der Waals surface area (Å²) in [5.74, 6) is 2.43. The largest absolute Gasteiger partial charge is 0.497 e. The highest BCUT2D eigenvalue weighted by Gasteiger charge is 2.24. The van der Waals surface area contributed by atoms with E-state index in [1.165, 1.54) is 12.8 Å². The molecular weight excluding hydrogens is 300 g/mol. The Hall–Kier alpha value is -1.97. The molecule has 0 radical (unpaired) electrons. The molecule has 2 heterocycles. The minimum atomic E-state index is 0.243. The average molecular weight is 328 g/mol. The van der Waals surface area contributed by atoms with Gasteiger partial charge in [-0.15, -0.1) is 0 Å². The zero-order chi connectivity index (χ0) is 17.1. The highest BCUT2D eigenvalue weighted by Crippen LogP contribution is 2.26. The van der Waals surface area contributed by atoms with Crippen molar-refractivity contribution in [1.82, 2.24) is 9.88 Å². The third kappa shape index (κ3) is 3.74. The number of aromatic amines is 1. The van der Waals surface area contributed by atoms with E-state index in [1.807, 2.05) is 24.4 Å². The first-order valence-corrected chi connectivity index (χ1v) is 8.98. The maximum atomic E-state index is 12.8. The molecule has 0 bridgehead atoms. The van der Waals surface area contributed by atoms with Crippen LogP contribution in [0.4, 0.5) is 0 Å². The van der Waals surface area contributed by atoms with Crippen LogP contribution >= 0.6 is 0 Å². The lowest BCUT2D eigenvalue weighted by Gasteiger charge is -2.33. The lowest BCUT2D eigenvalue weighted by molar-refractivity contribution is -0.132. The second kappa shape index (κ2) is 7.29. The number of hydrogen-bond acceptors (Lipinski definition) is 2. The van der Waals surface area contributed by atoms with Gasteiger partial charge in [-0.1, -0.05) is 13.8 Å². The molecule has 24 heavy (non-hydrogen) atoms. The fraction of sp³-hybridized carbons (Fsp3) is 0.550. The van der Waals surface area contributed by atoms with Crippen molar-refractivity contribution in [3.8, 4) is 5.75 Å². The fourth-order valence-electron chi connectivity index (χ4n) is 3.86. The van der Waals surface area contributed by atoms with Gasteiger partial charge in [-0.3, -0.25) is 4.79 Å². The number of carbonyl (C=O) groups excluding carboxylic acids is 1. The quantitative estimate of drug-likeness (QED) is 0.901. The number of fused-ring (bicyclic) bond motifs is 1. The molecule has 1 N–H and O–H groups in total. The summed E-state index contributed by atoms with van der Waals surface area (Å²) in [5, 5.41) is 1.08. The standard InChI is InChI=1S/C20H28N2O2/c1-14(2)9-15-5-4-8-22(13-15)20(23)10-16-12-21-19-7-6-17(24-3)11-18(16)19/h6-7,11-12,14-15,21H,4-5,8-10,13H2,1-3H3/t15-/m1/s1. The van der Waals surface area contributed by atoms with Crippen LogP contribution in [0.2, 0.25) is 0 Å². The fourth-order valence-corrected chi connectivity index (χ4v) is 3.86. The van der Waals surface area contributed by atoms with Gasteiger partial charge >= 0.3 is 0 Å². The van der Waals surface area contributed by atoms with E-state index in [0.717, 1.165) is 41.7 Å². The first-order chi connectivity index (χ1) is 11.6. The number of piperidine rings is 1. The average Bonchev–Trinajstić information content (AvgIpc) is 2.96. The number of carbonyl (C=O) groups is 1. The third-order valence-corrected chi connectivity index (χ3v) is 4.99. The summed E-state index contributed by atoms with van der Waals surface area (Å²) in [6.07, 6.45) is 6.02. The van der Waals surface area contributed by atoms with Crippen molar-refractivity contribution in [2.75, 3.05) is 20.2 Å². The molecule has 2 aromatic rings. The number of nitrogens with one attached hydrogen (secondary N) is 1. The smallest absolute Gasteiger partial charge is 0.227 e. The van der Waals surface area contributed by atoms with Crippen molar-refractivity contribution in [3.05, 3.63) is 30.0 Å². The van der Waals surface area contributed by atoms with Crippen molar-refractivity contribution in [2.45, 2.75) is 39.5 Å². The molecular formula is C20H28N2O2. The SMILES string of the molecule is COc1ccc2[nH]cc(CC(=O)N3CCC[C@H](CC(C)C)C3)c2c1. The lowest BCUT2D eigenvalue weighted by Crippen LogP contribution is -2.41. The summed E-state index contributed by atoms with van der Waals surface area (Å²) < 4.78 is 5.31. The van der Waals surface area contributed by atoms with Crippen molar-refractivity contribution in [1.29, 1.82) is 0 Å². The van der Waals surface area contributed by atoms with Gasteiger partial charge in [0.15, 0.2) is 0 Å². The van der Waals surface area contributed by atoms with E-state index in [2.05, 4.69) is 23.7 Å². The maximum Gasteiger partial charge on any atom is 0.227 e. The van der Waals surface area contributed by atoms with Crippen LogP contribution in [0.25, 0.3) is 10.9 Å². The van der Waals surface area contributed by atoms with Crippen LogP contribution in [-0.4, -0.2) is 36.0 Å². The van der Waals surface area contributed by atoms with Crippen molar-refractivity contribution in [3.63, 3.8) is 0 Å². The maximum absolute atomic E-state index is 12.8. The summed E-state index contributed by atoms with van der Waals surface area (Å²) in [6, 6.07) is 5.94. The van der Waals surface area contributed by atoms with E-state index >= 15 is 0 Å². The Balaban J connectivity index is 1.70. The Morgan fingerprint density at radius 3 is 3.00 bits per heavy atom. The second-order valence-corrected chi connectivity index (χ2v) is 7.38. The Morgan fingerprint density at radius 1 is 1.42 bits per heavy atom. The van der Waals surface area contributed by atoms with E-state index in [4.69, 9.17) is 4.74 Å². The zero-order valence-electron chi connectivity index (χ0n) is 15.0. The monoisotopic (exact) mass is 328 g/mol. The number of methoxy groups -OCH3 is 1. The second-order valence-electron chi connectivity index (χ2n) is 7.38. The lowest BCUT2D eigenvalue weighted by atomic mass is 9.89. The van der Waals surface area contributed by atoms with Crippen LogP contribution in [0, 0.1) is 11.8 Å². The molecule has 1 aromatic carbocycles. The molecule has 0 aliphatic carbocycles. The number of amides is 1. The van der Waals surface area contributed by atoms with Gasteiger partial charge in [0.25, 0.3) is 0 Å². The summed E-state index contributed by atoms with van der Waals surface area (Å²) in [5.41, 5.74) is 2.11.